The molecule has 0 aliphatic carbocycles. The van der Waals surface area contributed by atoms with Crippen molar-refractivity contribution in [3.63, 3.8) is 0 Å². The number of nitrogens with zero attached hydrogens (tertiary/aromatic N) is 5. The van der Waals surface area contributed by atoms with Gasteiger partial charge in [-0.05, 0) is 61.7 Å². The van der Waals surface area contributed by atoms with Crippen molar-refractivity contribution in [1.82, 2.24) is 14.5 Å². The maximum absolute atomic E-state index is 13.8. The van der Waals surface area contributed by atoms with Gasteiger partial charge in [-0.1, -0.05) is 0 Å². The topological polar surface area (TPSA) is 115 Å². The third kappa shape index (κ3) is 4.46. The number of rotatable bonds is 4. The van der Waals surface area contributed by atoms with Crippen LogP contribution in [0.15, 0.2) is 36.5 Å². The van der Waals surface area contributed by atoms with Crippen LogP contribution in [0.4, 0.5) is 13.2 Å². The Morgan fingerprint density at radius 1 is 1.25 bits per heavy atom. The van der Waals surface area contributed by atoms with Crippen LogP contribution in [0.3, 0.4) is 0 Å². The van der Waals surface area contributed by atoms with Gasteiger partial charge in [0.1, 0.15) is 28.7 Å². The van der Waals surface area contributed by atoms with E-state index in [1.165, 1.54) is 31.2 Å². The number of aliphatic hydroxyl groups is 1. The van der Waals surface area contributed by atoms with E-state index >= 15 is 0 Å². The van der Waals surface area contributed by atoms with E-state index in [-0.39, 0.29) is 35.6 Å². The van der Waals surface area contributed by atoms with Crippen molar-refractivity contribution in [2.75, 3.05) is 13.7 Å². The zero-order chi connectivity index (χ0) is 29.0. The second kappa shape index (κ2) is 9.68. The lowest BCUT2D eigenvalue weighted by Gasteiger charge is -2.32. The van der Waals surface area contributed by atoms with E-state index in [0.29, 0.717) is 28.9 Å². The van der Waals surface area contributed by atoms with Crippen molar-refractivity contribution in [1.29, 1.82) is 10.5 Å². The van der Waals surface area contributed by atoms with Gasteiger partial charge in [-0.25, -0.2) is 4.98 Å². The molecule has 3 atom stereocenters. The fraction of sp³-hybridized carbons (Fsp3) is 0.379. The van der Waals surface area contributed by atoms with E-state index in [2.05, 4.69) is 11.1 Å². The molecule has 11 heteroatoms. The first-order valence-electron chi connectivity index (χ1n) is 12.7. The molecule has 5 rings (SSSR count). The van der Waals surface area contributed by atoms with Crippen molar-refractivity contribution in [2.24, 2.45) is 0 Å². The minimum Gasteiger partial charge on any atom is -0.496 e. The summed E-state index contributed by atoms with van der Waals surface area (Å²) in [6.45, 7) is 3.26. The summed E-state index contributed by atoms with van der Waals surface area (Å²) >= 11 is 0. The summed E-state index contributed by atoms with van der Waals surface area (Å²) in [4.78, 5) is 19.2. The van der Waals surface area contributed by atoms with E-state index in [1.54, 1.807) is 28.8 Å². The standard InChI is InChI=1S/C29H26F3N5O3/c1-16-7-17-9-25(40-3)22(20-5-4-6-35-23(20)13-33)10-21(17)26-18(11-29(30,31)32)8-24(37(16)26)27(39)36-14-19(38)12-28(36,2)15-34/h4-6,8-10,16,19,38H,7,11-12,14H2,1-3H3/t16-,19+,28-/m1/s1. The molecule has 1 fully saturated rings. The lowest BCUT2D eigenvalue weighted by atomic mass is 9.88. The highest BCUT2D eigenvalue weighted by Crippen LogP contribution is 2.46. The van der Waals surface area contributed by atoms with Crippen LogP contribution in [-0.2, 0) is 12.8 Å². The predicted molar refractivity (Wildman–Crippen MR) is 138 cm³/mol. The number of pyridine rings is 1. The Bertz CT molecular complexity index is 1600. The van der Waals surface area contributed by atoms with E-state index in [9.17, 15) is 33.6 Å². The van der Waals surface area contributed by atoms with Crippen molar-refractivity contribution in [3.05, 3.63) is 59.0 Å². The van der Waals surface area contributed by atoms with Crippen molar-refractivity contribution in [3.8, 4) is 40.3 Å². The number of nitriles is 2. The van der Waals surface area contributed by atoms with Crippen LogP contribution in [-0.4, -0.2) is 56.9 Å². The van der Waals surface area contributed by atoms with Crippen LogP contribution >= 0.6 is 0 Å². The smallest absolute Gasteiger partial charge is 0.393 e. The molecule has 40 heavy (non-hydrogen) atoms. The number of hydrogen-bond donors (Lipinski definition) is 1. The number of likely N-dealkylation sites (tertiary alicyclic amines) is 1. The number of aromatic nitrogens is 2. The van der Waals surface area contributed by atoms with Gasteiger partial charge in [-0.2, -0.15) is 23.7 Å². The number of carbonyl (C=O) groups excluding carboxylic acids is 1. The molecular formula is C29H26F3N5O3. The third-order valence-corrected chi connectivity index (χ3v) is 7.67. The number of fused-ring (bicyclic) bond motifs is 3. The Labute approximate surface area is 228 Å². The number of benzene rings is 1. The number of ether oxygens (including phenoxy) is 1. The molecule has 1 amide bonds. The van der Waals surface area contributed by atoms with Crippen molar-refractivity contribution in [2.45, 2.75) is 57.0 Å². The van der Waals surface area contributed by atoms with Gasteiger partial charge in [-0.15, -0.1) is 0 Å². The van der Waals surface area contributed by atoms with E-state index in [4.69, 9.17) is 4.74 Å². The number of halogens is 3. The van der Waals surface area contributed by atoms with Gasteiger partial charge in [0.05, 0.1) is 31.4 Å². The van der Waals surface area contributed by atoms with Crippen molar-refractivity contribution >= 4 is 5.91 Å². The number of alkyl halides is 3. The highest BCUT2D eigenvalue weighted by molar-refractivity contribution is 5.96. The van der Waals surface area contributed by atoms with Crippen LogP contribution < -0.4 is 4.74 Å². The molecule has 2 aromatic heterocycles. The summed E-state index contributed by atoms with van der Waals surface area (Å²) in [6.07, 6.45) is -4.81. The van der Waals surface area contributed by atoms with Gasteiger partial charge in [0, 0.05) is 41.9 Å². The maximum atomic E-state index is 13.8. The Hall–Kier alpha value is -4.35. The highest BCUT2D eigenvalue weighted by atomic mass is 19.4. The van der Waals surface area contributed by atoms with Gasteiger partial charge >= 0.3 is 6.18 Å². The molecule has 3 aromatic rings. The molecule has 1 N–H and O–H groups in total. The number of hydrogen-bond acceptors (Lipinski definition) is 6. The Morgan fingerprint density at radius 3 is 2.65 bits per heavy atom. The SMILES string of the molecule is COc1cc2c(cc1-c1cccnc1C#N)-c1c(CC(F)(F)F)cc(C(=O)N3C[C@@H](O)C[C@]3(C)C#N)n1[C@H](C)C2. The molecule has 1 saturated heterocycles. The summed E-state index contributed by atoms with van der Waals surface area (Å²) in [6, 6.07) is 11.8. The number of aliphatic hydroxyl groups excluding tert-OH is 1. The number of carbonyl (C=O) groups is 1. The molecule has 0 spiro atoms. The van der Waals surface area contributed by atoms with Gasteiger partial charge < -0.3 is 19.3 Å². The molecule has 1 aromatic carbocycles. The molecule has 2 aliphatic rings. The van der Waals surface area contributed by atoms with Crippen LogP contribution in [0, 0.1) is 22.7 Å². The fourth-order valence-electron chi connectivity index (χ4n) is 5.96. The molecule has 0 unspecified atom stereocenters. The fourth-order valence-corrected chi connectivity index (χ4v) is 5.96. The quantitative estimate of drug-likeness (QED) is 0.500. The zero-order valence-electron chi connectivity index (χ0n) is 22.1. The average Bonchev–Trinajstić information content (AvgIpc) is 3.44. The lowest BCUT2D eigenvalue weighted by Crippen LogP contribution is -2.45. The second-order valence-electron chi connectivity index (χ2n) is 10.5. The number of β-amino-alcohol motifs (C(OH)–C–C–N with tert-alkyl or cyclic N) is 1. The predicted octanol–water partition coefficient (Wildman–Crippen LogP) is 4.81. The zero-order valence-corrected chi connectivity index (χ0v) is 22.1. The first kappa shape index (κ1) is 27.2. The molecule has 0 saturated carbocycles. The summed E-state index contributed by atoms with van der Waals surface area (Å²) in [7, 11) is 1.48. The van der Waals surface area contributed by atoms with Gasteiger partial charge in [0.2, 0.25) is 0 Å². The molecule has 206 valence electrons. The van der Waals surface area contributed by atoms with Gasteiger partial charge in [0.25, 0.3) is 5.91 Å². The lowest BCUT2D eigenvalue weighted by molar-refractivity contribution is -0.127. The largest absolute Gasteiger partial charge is 0.496 e. The molecule has 8 nitrogen and oxygen atoms in total. The third-order valence-electron chi connectivity index (χ3n) is 7.67. The minimum absolute atomic E-state index is 0.0273. The Balaban J connectivity index is 1.76. The summed E-state index contributed by atoms with van der Waals surface area (Å²) in [5.74, 6) is -0.168. The molecule has 0 bridgehead atoms. The summed E-state index contributed by atoms with van der Waals surface area (Å²) in [5.41, 5.74) is 1.21. The van der Waals surface area contributed by atoms with E-state index in [0.717, 1.165) is 5.56 Å². The molecular weight excluding hydrogens is 523 g/mol. The summed E-state index contributed by atoms with van der Waals surface area (Å²) in [5, 5.41) is 29.6. The first-order chi connectivity index (χ1) is 18.9. The minimum atomic E-state index is -4.55. The normalized spacial score (nSPS) is 21.8. The maximum Gasteiger partial charge on any atom is 0.393 e. The average molecular weight is 550 g/mol. The molecule has 2 aliphatic heterocycles. The molecule has 0 radical (unpaired) electrons. The van der Waals surface area contributed by atoms with Gasteiger partial charge in [0.15, 0.2) is 0 Å². The Kier molecular flexibility index (Phi) is 6.59. The van der Waals surface area contributed by atoms with Crippen LogP contribution in [0.2, 0.25) is 0 Å². The van der Waals surface area contributed by atoms with Crippen LogP contribution in [0.5, 0.6) is 5.75 Å². The Morgan fingerprint density at radius 2 is 2.00 bits per heavy atom. The second-order valence-corrected chi connectivity index (χ2v) is 10.5. The van der Waals surface area contributed by atoms with E-state index in [1.807, 2.05) is 13.0 Å². The van der Waals surface area contributed by atoms with Crippen LogP contribution in [0.25, 0.3) is 22.4 Å². The number of amides is 1. The van der Waals surface area contributed by atoms with Crippen LogP contribution in [0.1, 0.15) is 53.6 Å². The van der Waals surface area contributed by atoms with Crippen molar-refractivity contribution < 1.29 is 27.8 Å². The first-order valence-corrected chi connectivity index (χ1v) is 12.7. The van der Waals surface area contributed by atoms with Gasteiger partial charge in [-0.3, -0.25) is 4.79 Å². The van der Waals surface area contributed by atoms with E-state index < -0.39 is 36.2 Å². The monoisotopic (exact) mass is 549 g/mol. The highest BCUT2D eigenvalue weighted by Gasteiger charge is 2.46. The summed E-state index contributed by atoms with van der Waals surface area (Å²) < 4.78 is 48.8. The number of methoxy groups -OCH3 is 1. The molecule has 4 heterocycles.